The van der Waals surface area contributed by atoms with E-state index in [4.69, 9.17) is 31.3 Å². The normalized spacial score (nSPS) is 17.4. The molecule has 3 aromatic rings. The number of anilines is 2. The second-order valence-electron chi connectivity index (χ2n) is 7.61. The third kappa shape index (κ3) is 4.11. The predicted molar refractivity (Wildman–Crippen MR) is 122 cm³/mol. The molecule has 0 aliphatic carbocycles. The lowest BCUT2D eigenvalue weighted by Crippen LogP contribution is -2.37. The third-order valence-corrected chi connectivity index (χ3v) is 5.79. The van der Waals surface area contributed by atoms with Gasteiger partial charge >= 0.3 is 0 Å². The summed E-state index contributed by atoms with van der Waals surface area (Å²) in [6.45, 7) is 5.18. The Balaban J connectivity index is 1.48. The Bertz CT molecular complexity index is 1070. The van der Waals surface area contributed by atoms with E-state index in [2.05, 4.69) is 21.9 Å². The molecule has 6 nitrogen and oxygen atoms in total. The molecule has 2 aliphatic rings. The molecule has 0 unspecified atom stereocenters. The monoisotopic (exact) mass is 421 g/mol. The van der Waals surface area contributed by atoms with E-state index in [9.17, 15) is 0 Å². The number of morpholine rings is 1. The number of benzene rings is 1. The lowest BCUT2D eigenvalue weighted by Gasteiger charge is -2.28. The quantitative estimate of drug-likeness (QED) is 0.626. The first-order chi connectivity index (χ1) is 14.8. The average molecular weight is 422 g/mol. The van der Waals surface area contributed by atoms with Gasteiger partial charge in [-0.25, -0.2) is 15.0 Å². The van der Waals surface area contributed by atoms with Crippen LogP contribution in [0.15, 0.2) is 36.4 Å². The molecule has 2 aliphatic heterocycles. The van der Waals surface area contributed by atoms with E-state index in [1.165, 1.54) is 12.8 Å². The van der Waals surface area contributed by atoms with Gasteiger partial charge < -0.3 is 14.5 Å². The van der Waals surface area contributed by atoms with Crippen LogP contribution in [0.1, 0.15) is 24.4 Å². The van der Waals surface area contributed by atoms with E-state index in [-0.39, 0.29) is 0 Å². The number of hydrogen-bond donors (Lipinski definition) is 0. The molecular weight excluding hydrogens is 398 g/mol. The largest absolute Gasteiger partial charge is 0.378 e. The second-order valence-corrected chi connectivity index (χ2v) is 8.05. The van der Waals surface area contributed by atoms with Gasteiger partial charge in [0.1, 0.15) is 11.6 Å². The van der Waals surface area contributed by atoms with E-state index in [1.54, 1.807) is 0 Å². The highest BCUT2D eigenvalue weighted by Gasteiger charge is 2.17. The van der Waals surface area contributed by atoms with E-state index in [1.807, 2.05) is 36.4 Å². The van der Waals surface area contributed by atoms with Gasteiger partial charge in [-0.05, 0) is 55.3 Å². The summed E-state index contributed by atoms with van der Waals surface area (Å²) in [7, 11) is 0. The van der Waals surface area contributed by atoms with Crippen molar-refractivity contribution >= 4 is 46.3 Å². The molecule has 0 amide bonds. The minimum atomic E-state index is 0.666. The SMILES string of the molecule is Clc1ccc2nc(/C=C/c3cccc(N4CCCC4)n3)nc(N3CCOCC3)c2c1. The van der Waals surface area contributed by atoms with Crippen LogP contribution in [0.5, 0.6) is 0 Å². The summed E-state index contributed by atoms with van der Waals surface area (Å²) < 4.78 is 5.51. The summed E-state index contributed by atoms with van der Waals surface area (Å²) >= 11 is 6.25. The Morgan fingerprint density at radius 3 is 2.53 bits per heavy atom. The molecule has 154 valence electrons. The van der Waals surface area contributed by atoms with Gasteiger partial charge in [0.15, 0.2) is 5.82 Å². The van der Waals surface area contributed by atoms with Crippen LogP contribution >= 0.6 is 11.6 Å². The van der Waals surface area contributed by atoms with Gasteiger partial charge in [0.25, 0.3) is 0 Å². The summed E-state index contributed by atoms with van der Waals surface area (Å²) in [5, 5.41) is 1.66. The van der Waals surface area contributed by atoms with E-state index >= 15 is 0 Å². The average Bonchev–Trinajstić information content (AvgIpc) is 3.33. The van der Waals surface area contributed by atoms with Gasteiger partial charge in [0, 0.05) is 36.6 Å². The summed E-state index contributed by atoms with van der Waals surface area (Å²) in [5.74, 6) is 2.61. The fourth-order valence-electron chi connectivity index (χ4n) is 4.01. The van der Waals surface area contributed by atoms with Crippen molar-refractivity contribution in [2.75, 3.05) is 49.2 Å². The molecule has 1 aromatic carbocycles. The molecule has 0 radical (unpaired) electrons. The highest BCUT2D eigenvalue weighted by molar-refractivity contribution is 6.31. The lowest BCUT2D eigenvalue weighted by molar-refractivity contribution is 0.122. The number of rotatable bonds is 4. The smallest absolute Gasteiger partial charge is 0.155 e. The maximum Gasteiger partial charge on any atom is 0.155 e. The molecule has 0 spiro atoms. The van der Waals surface area contributed by atoms with Gasteiger partial charge in [-0.3, -0.25) is 0 Å². The molecule has 4 heterocycles. The molecule has 2 saturated heterocycles. The van der Waals surface area contributed by atoms with Crippen LogP contribution in [0, 0.1) is 0 Å². The fourth-order valence-corrected chi connectivity index (χ4v) is 4.18. The zero-order valence-corrected chi connectivity index (χ0v) is 17.6. The Kier molecular flexibility index (Phi) is 5.51. The number of ether oxygens (including phenoxy) is 1. The summed E-state index contributed by atoms with van der Waals surface area (Å²) in [4.78, 5) is 19.0. The number of nitrogens with zero attached hydrogens (tertiary/aromatic N) is 5. The zero-order valence-electron chi connectivity index (χ0n) is 16.8. The minimum absolute atomic E-state index is 0.666. The van der Waals surface area contributed by atoms with E-state index in [0.29, 0.717) is 24.1 Å². The van der Waals surface area contributed by atoms with Crippen LogP contribution in [-0.2, 0) is 4.74 Å². The number of halogens is 1. The zero-order chi connectivity index (χ0) is 20.3. The Hall–Kier alpha value is -2.70. The molecule has 2 fully saturated rings. The van der Waals surface area contributed by atoms with Crippen molar-refractivity contribution in [3.8, 4) is 0 Å². The highest BCUT2D eigenvalue weighted by atomic mass is 35.5. The predicted octanol–water partition coefficient (Wildman–Crippen LogP) is 4.29. The molecule has 0 saturated carbocycles. The molecule has 30 heavy (non-hydrogen) atoms. The maximum atomic E-state index is 6.25. The fraction of sp³-hybridized carbons (Fsp3) is 0.348. The lowest BCUT2D eigenvalue weighted by atomic mass is 10.2. The van der Waals surface area contributed by atoms with Crippen LogP contribution in [0.25, 0.3) is 23.1 Å². The van der Waals surface area contributed by atoms with Crippen LogP contribution in [-0.4, -0.2) is 54.3 Å². The van der Waals surface area contributed by atoms with Crippen molar-refractivity contribution in [3.63, 3.8) is 0 Å². The van der Waals surface area contributed by atoms with Crippen molar-refractivity contribution in [1.82, 2.24) is 15.0 Å². The summed E-state index contributed by atoms with van der Waals surface area (Å²) in [6, 6.07) is 11.9. The van der Waals surface area contributed by atoms with Gasteiger partial charge in [-0.1, -0.05) is 17.7 Å². The number of hydrogen-bond acceptors (Lipinski definition) is 6. The molecule has 0 atom stereocenters. The van der Waals surface area contributed by atoms with Gasteiger partial charge in [-0.2, -0.15) is 0 Å². The molecular formula is C23H24ClN5O. The van der Waals surface area contributed by atoms with Crippen molar-refractivity contribution in [2.24, 2.45) is 0 Å². The Labute approximate surface area is 181 Å². The summed E-state index contributed by atoms with van der Waals surface area (Å²) in [6.07, 6.45) is 6.40. The van der Waals surface area contributed by atoms with Gasteiger partial charge in [0.2, 0.25) is 0 Å². The van der Waals surface area contributed by atoms with Gasteiger partial charge in [-0.15, -0.1) is 0 Å². The van der Waals surface area contributed by atoms with Crippen molar-refractivity contribution in [3.05, 3.63) is 52.9 Å². The van der Waals surface area contributed by atoms with E-state index in [0.717, 1.165) is 54.4 Å². The number of pyridine rings is 1. The maximum absolute atomic E-state index is 6.25. The van der Waals surface area contributed by atoms with Crippen LogP contribution in [0.4, 0.5) is 11.6 Å². The minimum Gasteiger partial charge on any atom is -0.378 e. The third-order valence-electron chi connectivity index (χ3n) is 5.55. The van der Waals surface area contributed by atoms with Crippen molar-refractivity contribution < 1.29 is 4.74 Å². The first-order valence-electron chi connectivity index (χ1n) is 10.5. The summed E-state index contributed by atoms with van der Waals surface area (Å²) in [5.41, 5.74) is 1.79. The van der Waals surface area contributed by atoms with Crippen LogP contribution < -0.4 is 9.80 Å². The van der Waals surface area contributed by atoms with Crippen molar-refractivity contribution in [2.45, 2.75) is 12.8 Å². The molecule has 2 aromatic heterocycles. The topological polar surface area (TPSA) is 54.4 Å². The highest BCUT2D eigenvalue weighted by Crippen LogP contribution is 2.28. The Morgan fingerprint density at radius 2 is 1.70 bits per heavy atom. The first kappa shape index (κ1) is 19.3. The Morgan fingerprint density at radius 1 is 0.867 bits per heavy atom. The molecule has 0 bridgehead atoms. The van der Waals surface area contributed by atoms with Crippen molar-refractivity contribution in [1.29, 1.82) is 0 Å². The second kappa shape index (κ2) is 8.58. The van der Waals surface area contributed by atoms with Crippen LogP contribution in [0.2, 0.25) is 5.02 Å². The standard InChI is InChI=1S/C23H24ClN5O/c24-17-6-8-20-19(16-17)23(29-12-14-30-15-13-29)27-21(26-20)9-7-18-4-3-5-22(25-18)28-10-1-2-11-28/h3-9,16H,1-2,10-15H2/b9-7+. The van der Waals surface area contributed by atoms with E-state index < -0.39 is 0 Å². The molecule has 5 rings (SSSR count). The molecule has 7 heteroatoms. The van der Waals surface area contributed by atoms with Crippen LogP contribution in [0.3, 0.4) is 0 Å². The number of aromatic nitrogens is 3. The first-order valence-corrected chi connectivity index (χ1v) is 10.8. The molecule has 0 N–H and O–H groups in total. The van der Waals surface area contributed by atoms with Gasteiger partial charge in [0.05, 0.1) is 24.4 Å². The number of fused-ring (bicyclic) bond motifs is 1.